The summed E-state index contributed by atoms with van der Waals surface area (Å²) in [7, 11) is 0. The lowest BCUT2D eigenvalue weighted by Crippen LogP contribution is -2.43. The summed E-state index contributed by atoms with van der Waals surface area (Å²) in [5.41, 5.74) is 7.10. The summed E-state index contributed by atoms with van der Waals surface area (Å²) < 4.78 is 52.6. The second-order valence-electron chi connectivity index (χ2n) is 6.31. The van der Waals surface area contributed by atoms with E-state index in [-0.39, 0.29) is 11.5 Å². The molecule has 150 valence electrons. The first kappa shape index (κ1) is 20.2. The van der Waals surface area contributed by atoms with E-state index in [0.717, 1.165) is 18.6 Å². The summed E-state index contributed by atoms with van der Waals surface area (Å²) >= 11 is 0. The van der Waals surface area contributed by atoms with Gasteiger partial charge in [-0.1, -0.05) is 36.4 Å². The number of alkyl halides is 3. The third-order valence-electron chi connectivity index (χ3n) is 4.28. The average Bonchev–Trinajstić information content (AvgIpc) is 2.67. The Kier molecular flexibility index (Phi) is 5.49. The number of nitrogen functional groups attached to an aromatic ring is 1. The quantitative estimate of drug-likeness (QED) is 0.639. The molecule has 2 aromatic carbocycles. The summed E-state index contributed by atoms with van der Waals surface area (Å²) in [5.74, 6) is -1.92. The number of hydrogen-bond acceptors (Lipinski definition) is 4. The number of aromatic nitrogens is 2. The van der Waals surface area contributed by atoms with Crippen molar-refractivity contribution in [2.75, 3.05) is 5.73 Å². The molecular formula is C20H16F4N4O. The smallest absolute Gasteiger partial charge is 0.368 e. The van der Waals surface area contributed by atoms with E-state index in [1.807, 2.05) is 0 Å². The number of nitrogens with one attached hydrogen (secondary N) is 1. The number of benzene rings is 2. The van der Waals surface area contributed by atoms with Crippen LogP contribution < -0.4 is 11.1 Å². The van der Waals surface area contributed by atoms with Gasteiger partial charge in [-0.25, -0.2) is 14.4 Å². The minimum atomic E-state index is -4.64. The number of carbonyl (C=O) groups is 1. The van der Waals surface area contributed by atoms with Crippen molar-refractivity contribution in [3.05, 3.63) is 66.2 Å². The van der Waals surface area contributed by atoms with Crippen LogP contribution in [0.15, 0.2) is 54.9 Å². The molecule has 0 spiro atoms. The molecule has 0 saturated heterocycles. The van der Waals surface area contributed by atoms with Gasteiger partial charge in [0.05, 0.1) is 5.56 Å². The van der Waals surface area contributed by atoms with Crippen LogP contribution in [0.25, 0.3) is 22.3 Å². The van der Waals surface area contributed by atoms with Gasteiger partial charge < -0.3 is 11.1 Å². The Morgan fingerprint density at radius 2 is 1.59 bits per heavy atom. The first-order valence-electron chi connectivity index (χ1n) is 8.51. The van der Waals surface area contributed by atoms with Crippen LogP contribution in [0.4, 0.5) is 23.5 Å². The highest BCUT2D eigenvalue weighted by molar-refractivity contribution is 6.01. The van der Waals surface area contributed by atoms with Crippen molar-refractivity contribution in [1.29, 1.82) is 0 Å². The number of rotatable bonds is 4. The van der Waals surface area contributed by atoms with Crippen molar-refractivity contribution in [2.45, 2.75) is 19.1 Å². The van der Waals surface area contributed by atoms with Crippen LogP contribution >= 0.6 is 0 Å². The number of hydrogen-bond donors (Lipinski definition) is 2. The predicted octanol–water partition coefficient (Wildman–Crippen LogP) is 4.21. The average molecular weight is 404 g/mol. The Bertz CT molecular complexity index is 1020. The van der Waals surface area contributed by atoms with Crippen molar-refractivity contribution < 1.29 is 22.4 Å². The predicted molar refractivity (Wildman–Crippen MR) is 100 cm³/mol. The lowest BCUT2D eigenvalue weighted by atomic mass is 9.96. The third kappa shape index (κ3) is 4.50. The van der Waals surface area contributed by atoms with Crippen LogP contribution in [0, 0.1) is 5.82 Å². The number of nitrogens with zero attached hydrogens (tertiary/aromatic N) is 2. The van der Waals surface area contributed by atoms with Crippen molar-refractivity contribution >= 4 is 11.9 Å². The highest BCUT2D eigenvalue weighted by Gasteiger charge is 2.37. The lowest BCUT2D eigenvalue weighted by molar-refractivity contribution is -0.149. The maximum absolute atomic E-state index is 14.3. The molecule has 0 aliphatic heterocycles. The molecule has 0 unspecified atom stereocenters. The van der Waals surface area contributed by atoms with Crippen molar-refractivity contribution in [2.24, 2.45) is 0 Å². The van der Waals surface area contributed by atoms with E-state index in [1.165, 1.54) is 24.5 Å². The van der Waals surface area contributed by atoms with Crippen LogP contribution in [-0.2, 0) is 0 Å². The molecule has 0 aliphatic rings. The van der Waals surface area contributed by atoms with E-state index in [0.29, 0.717) is 11.1 Å². The molecule has 3 N–H and O–H groups in total. The van der Waals surface area contributed by atoms with Gasteiger partial charge in [0.2, 0.25) is 5.95 Å². The molecule has 3 rings (SSSR count). The van der Waals surface area contributed by atoms with Crippen molar-refractivity contribution in [3.63, 3.8) is 0 Å². The fourth-order valence-corrected chi connectivity index (χ4v) is 2.68. The Labute approximate surface area is 163 Å². The zero-order valence-electron chi connectivity index (χ0n) is 15.2. The molecule has 0 saturated carbocycles. The molecule has 0 fully saturated rings. The first-order valence-corrected chi connectivity index (χ1v) is 8.51. The van der Waals surface area contributed by atoms with Gasteiger partial charge in [0.15, 0.2) is 0 Å². The Morgan fingerprint density at radius 1 is 1.00 bits per heavy atom. The number of anilines is 1. The van der Waals surface area contributed by atoms with Gasteiger partial charge in [-0.15, -0.1) is 0 Å². The first-order chi connectivity index (χ1) is 13.7. The van der Waals surface area contributed by atoms with Crippen LogP contribution in [0.5, 0.6) is 0 Å². The molecule has 1 heterocycles. The van der Waals surface area contributed by atoms with Gasteiger partial charge in [-0.05, 0) is 29.7 Å². The Balaban J connectivity index is 1.94. The van der Waals surface area contributed by atoms with Crippen LogP contribution in [-0.4, -0.2) is 28.1 Å². The standard InChI is InChI=1S/C20H16F4N4O/c1-11(20(22,23)24)28-18(29)17-15(3-2-4-16(17)21)13-7-5-12(6-8-13)14-9-26-19(25)27-10-14/h2-11H,1H3,(H,28,29)(H2,25,26,27)/t11-/m0/s1. The molecule has 1 amide bonds. The van der Waals surface area contributed by atoms with Gasteiger partial charge in [-0.2, -0.15) is 13.2 Å². The Hall–Kier alpha value is -3.49. The van der Waals surface area contributed by atoms with E-state index < -0.39 is 29.5 Å². The van der Waals surface area contributed by atoms with Crippen LogP contribution in [0.3, 0.4) is 0 Å². The maximum Gasteiger partial charge on any atom is 0.408 e. The monoisotopic (exact) mass is 404 g/mol. The van der Waals surface area contributed by atoms with E-state index in [9.17, 15) is 22.4 Å². The molecule has 1 atom stereocenters. The van der Waals surface area contributed by atoms with E-state index in [1.54, 1.807) is 29.6 Å². The molecular weight excluding hydrogens is 388 g/mol. The molecule has 0 bridgehead atoms. The van der Waals surface area contributed by atoms with Gasteiger partial charge in [-0.3, -0.25) is 4.79 Å². The SMILES string of the molecule is C[C@H](NC(=O)c1c(F)cccc1-c1ccc(-c2cnc(N)nc2)cc1)C(F)(F)F. The highest BCUT2D eigenvalue weighted by Crippen LogP contribution is 2.29. The van der Waals surface area contributed by atoms with E-state index >= 15 is 0 Å². The second-order valence-corrected chi connectivity index (χ2v) is 6.31. The largest absolute Gasteiger partial charge is 0.408 e. The highest BCUT2D eigenvalue weighted by atomic mass is 19.4. The fraction of sp³-hybridized carbons (Fsp3) is 0.150. The van der Waals surface area contributed by atoms with Gasteiger partial charge in [0.25, 0.3) is 5.91 Å². The molecule has 9 heteroatoms. The molecule has 29 heavy (non-hydrogen) atoms. The summed E-state index contributed by atoms with van der Waals surface area (Å²) in [6, 6.07) is 8.43. The summed E-state index contributed by atoms with van der Waals surface area (Å²) in [6.07, 6.45) is -1.56. The van der Waals surface area contributed by atoms with E-state index in [4.69, 9.17) is 5.73 Å². The molecule has 0 radical (unpaired) electrons. The summed E-state index contributed by atoms with van der Waals surface area (Å²) in [6.45, 7) is 0.794. The van der Waals surface area contributed by atoms with Gasteiger partial charge in [0.1, 0.15) is 11.9 Å². The Morgan fingerprint density at radius 3 is 2.17 bits per heavy atom. The maximum atomic E-state index is 14.3. The molecule has 0 aliphatic carbocycles. The minimum Gasteiger partial charge on any atom is -0.368 e. The number of carbonyl (C=O) groups excluding carboxylic acids is 1. The zero-order valence-corrected chi connectivity index (χ0v) is 15.2. The number of nitrogens with two attached hydrogens (primary N) is 1. The summed E-state index contributed by atoms with van der Waals surface area (Å²) in [5, 5.41) is 1.80. The topological polar surface area (TPSA) is 80.9 Å². The van der Waals surface area contributed by atoms with Crippen molar-refractivity contribution in [3.8, 4) is 22.3 Å². The molecule has 3 aromatic rings. The fourth-order valence-electron chi connectivity index (χ4n) is 2.68. The zero-order chi connectivity index (χ0) is 21.2. The van der Waals surface area contributed by atoms with E-state index in [2.05, 4.69) is 9.97 Å². The number of halogens is 4. The van der Waals surface area contributed by atoms with Crippen LogP contribution in [0.2, 0.25) is 0 Å². The summed E-state index contributed by atoms with van der Waals surface area (Å²) in [4.78, 5) is 20.2. The normalized spacial score (nSPS) is 12.4. The van der Waals surface area contributed by atoms with Gasteiger partial charge in [0, 0.05) is 18.0 Å². The second kappa shape index (κ2) is 7.86. The minimum absolute atomic E-state index is 0.133. The lowest BCUT2D eigenvalue weighted by Gasteiger charge is -2.18. The number of amides is 1. The molecule has 1 aromatic heterocycles. The third-order valence-corrected chi connectivity index (χ3v) is 4.28. The van der Waals surface area contributed by atoms with Gasteiger partial charge >= 0.3 is 6.18 Å². The van der Waals surface area contributed by atoms with Crippen LogP contribution in [0.1, 0.15) is 17.3 Å². The van der Waals surface area contributed by atoms with Crippen molar-refractivity contribution in [1.82, 2.24) is 15.3 Å². The molecule has 5 nitrogen and oxygen atoms in total.